The second-order valence-corrected chi connectivity index (χ2v) is 3.78. The number of methoxy groups -OCH3 is 1. The fourth-order valence-electron chi connectivity index (χ4n) is 1.20. The summed E-state index contributed by atoms with van der Waals surface area (Å²) in [6.45, 7) is 1.52. The Balaban J connectivity index is 2.86. The fraction of sp³-hybridized carbons (Fsp3) is 0.556. The Morgan fingerprint density at radius 3 is 2.76 bits per heavy atom. The van der Waals surface area contributed by atoms with Gasteiger partial charge in [0, 0.05) is 20.2 Å². The van der Waals surface area contributed by atoms with Crippen molar-refractivity contribution in [2.24, 2.45) is 0 Å². The molecule has 1 heterocycles. The van der Waals surface area contributed by atoms with Gasteiger partial charge in [0.15, 0.2) is 11.0 Å². The summed E-state index contributed by atoms with van der Waals surface area (Å²) in [4.78, 5) is 5.79. The smallest absolute Gasteiger partial charge is 0.245 e. The lowest BCUT2D eigenvalue weighted by Crippen LogP contribution is -2.29. The molecule has 0 bridgehead atoms. The number of hydrogen-bond acceptors (Lipinski definition) is 6. The van der Waals surface area contributed by atoms with Crippen LogP contribution in [0.4, 0.5) is 5.82 Å². The first-order valence-corrected chi connectivity index (χ1v) is 5.61. The largest absolute Gasteiger partial charge is 0.383 e. The molecule has 1 rings (SSSR count). The topological polar surface area (TPSA) is 74.9 Å². The van der Waals surface area contributed by atoms with Gasteiger partial charge in [-0.25, -0.2) is 0 Å². The SMILES string of the molecule is COCCN(CCC#N)c1nc(Cl)nnc1Cl. The third-order valence-electron chi connectivity index (χ3n) is 1.96. The number of ether oxygens (including phenoxy) is 1. The molecule has 0 saturated heterocycles. The molecule has 0 spiro atoms. The van der Waals surface area contributed by atoms with Gasteiger partial charge in [0.1, 0.15) is 0 Å². The molecule has 0 aliphatic rings. The van der Waals surface area contributed by atoms with E-state index < -0.39 is 0 Å². The quantitative estimate of drug-likeness (QED) is 0.784. The van der Waals surface area contributed by atoms with Gasteiger partial charge in [0.25, 0.3) is 0 Å². The van der Waals surface area contributed by atoms with Gasteiger partial charge in [0.05, 0.1) is 19.1 Å². The first kappa shape index (κ1) is 13.9. The molecule has 1 aromatic rings. The van der Waals surface area contributed by atoms with E-state index in [2.05, 4.69) is 21.3 Å². The van der Waals surface area contributed by atoms with Gasteiger partial charge in [-0.05, 0) is 11.6 Å². The summed E-state index contributed by atoms with van der Waals surface area (Å²) >= 11 is 11.6. The minimum absolute atomic E-state index is 0.0174. The minimum Gasteiger partial charge on any atom is -0.383 e. The zero-order valence-electron chi connectivity index (χ0n) is 9.23. The van der Waals surface area contributed by atoms with E-state index in [4.69, 9.17) is 33.2 Å². The standard InChI is InChI=1S/C9H11Cl2N5O/c1-17-6-5-16(4-2-3-12)8-7(10)14-15-9(11)13-8/h2,4-6H2,1H3. The van der Waals surface area contributed by atoms with Gasteiger partial charge >= 0.3 is 0 Å². The zero-order valence-corrected chi connectivity index (χ0v) is 10.7. The Morgan fingerprint density at radius 2 is 2.12 bits per heavy atom. The maximum absolute atomic E-state index is 8.60. The number of hydrogen-bond donors (Lipinski definition) is 0. The highest BCUT2D eigenvalue weighted by molar-refractivity contribution is 6.32. The predicted octanol–water partition coefficient (Wildman–Crippen LogP) is 1.54. The highest BCUT2D eigenvalue weighted by Gasteiger charge is 2.14. The van der Waals surface area contributed by atoms with Crippen LogP contribution in [0.3, 0.4) is 0 Å². The average Bonchev–Trinajstić information content (AvgIpc) is 2.33. The minimum atomic E-state index is 0.0174. The lowest BCUT2D eigenvalue weighted by Gasteiger charge is -2.22. The van der Waals surface area contributed by atoms with Crippen LogP contribution < -0.4 is 4.90 Å². The van der Waals surface area contributed by atoms with Crippen LogP contribution in [0.1, 0.15) is 6.42 Å². The Kier molecular flexibility index (Phi) is 5.91. The van der Waals surface area contributed by atoms with Gasteiger partial charge in [-0.15, -0.1) is 10.2 Å². The average molecular weight is 276 g/mol. The Labute approximate surface area is 109 Å². The molecule has 0 saturated carbocycles. The lowest BCUT2D eigenvalue weighted by atomic mass is 10.4. The third kappa shape index (κ3) is 4.30. The van der Waals surface area contributed by atoms with Crippen LogP contribution in [-0.2, 0) is 4.74 Å². The van der Waals surface area contributed by atoms with Crippen LogP contribution in [0.25, 0.3) is 0 Å². The second kappa shape index (κ2) is 7.22. The molecule has 17 heavy (non-hydrogen) atoms. The normalized spacial score (nSPS) is 10.0. The van der Waals surface area contributed by atoms with Crippen LogP contribution in [-0.4, -0.2) is 42.0 Å². The van der Waals surface area contributed by atoms with Gasteiger partial charge < -0.3 is 9.64 Å². The molecule has 0 unspecified atom stereocenters. The zero-order chi connectivity index (χ0) is 12.7. The summed E-state index contributed by atoms with van der Waals surface area (Å²) < 4.78 is 4.98. The molecule has 92 valence electrons. The van der Waals surface area contributed by atoms with E-state index in [9.17, 15) is 0 Å². The van der Waals surface area contributed by atoms with Crippen molar-refractivity contribution in [3.8, 4) is 6.07 Å². The fourth-order valence-corrected chi connectivity index (χ4v) is 1.51. The highest BCUT2D eigenvalue weighted by Crippen LogP contribution is 2.21. The summed E-state index contributed by atoms with van der Waals surface area (Å²) in [6.07, 6.45) is 0.349. The van der Waals surface area contributed by atoms with E-state index in [1.165, 1.54) is 0 Å². The molecular formula is C9H11Cl2N5O. The summed E-state index contributed by atoms with van der Waals surface area (Å²) in [7, 11) is 1.59. The Morgan fingerprint density at radius 1 is 1.35 bits per heavy atom. The molecule has 0 aromatic carbocycles. The van der Waals surface area contributed by atoms with Crippen LogP contribution in [0, 0.1) is 11.3 Å². The first-order chi connectivity index (χ1) is 8.19. The highest BCUT2D eigenvalue weighted by atomic mass is 35.5. The van der Waals surface area contributed by atoms with Crippen LogP contribution >= 0.6 is 23.2 Å². The molecule has 0 fully saturated rings. The summed E-state index contributed by atoms with van der Waals surface area (Å²) in [6, 6.07) is 2.06. The maximum Gasteiger partial charge on any atom is 0.245 e. The van der Waals surface area contributed by atoms with Crippen molar-refractivity contribution in [1.29, 1.82) is 5.26 Å². The number of aromatic nitrogens is 3. The number of halogens is 2. The Bertz CT molecular complexity index is 409. The van der Waals surface area contributed by atoms with Crippen molar-refractivity contribution < 1.29 is 4.74 Å². The maximum atomic E-state index is 8.60. The van der Waals surface area contributed by atoms with Gasteiger partial charge in [0.2, 0.25) is 5.28 Å². The van der Waals surface area contributed by atoms with E-state index in [1.807, 2.05) is 0 Å². The Hall–Kier alpha value is -1.16. The molecule has 0 aliphatic carbocycles. The van der Waals surface area contributed by atoms with E-state index in [0.29, 0.717) is 31.9 Å². The van der Waals surface area contributed by atoms with E-state index in [0.717, 1.165) is 0 Å². The number of nitriles is 1. The molecule has 0 atom stereocenters. The summed E-state index contributed by atoms with van der Waals surface area (Å²) in [5, 5.41) is 16.0. The lowest BCUT2D eigenvalue weighted by molar-refractivity contribution is 0.205. The molecular weight excluding hydrogens is 265 g/mol. The summed E-state index contributed by atoms with van der Waals surface area (Å²) in [5.41, 5.74) is 0. The third-order valence-corrected chi connectivity index (χ3v) is 2.37. The first-order valence-electron chi connectivity index (χ1n) is 4.85. The van der Waals surface area contributed by atoms with Crippen LogP contribution in [0.5, 0.6) is 0 Å². The van der Waals surface area contributed by atoms with Crippen molar-refractivity contribution in [2.45, 2.75) is 6.42 Å². The number of rotatable bonds is 6. The molecule has 0 amide bonds. The van der Waals surface area contributed by atoms with Crippen molar-refractivity contribution in [3.63, 3.8) is 0 Å². The molecule has 6 nitrogen and oxygen atoms in total. The second-order valence-electron chi connectivity index (χ2n) is 3.08. The molecule has 0 aliphatic heterocycles. The molecule has 8 heteroatoms. The van der Waals surface area contributed by atoms with E-state index >= 15 is 0 Å². The molecule has 1 aromatic heterocycles. The van der Waals surface area contributed by atoms with Crippen molar-refractivity contribution in [2.75, 3.05) is 31.7 Å². The van der Waals surface area contributed by atoms with Crippen LogP contribution in [0.15, 0.2) is 0 Å². The number of anilines is 1. The summed E-state index contributed by atoms with van der Waals surface area (Å²) in [5.74, 6) is 0.416. The van der Waals surface area contributed by atoms with Crippen molar-refractivity contribution in [3.05, 3.63) is 10.4 Å². The van der Waals surface area contributed by atoms with Crippen molar-refractivity contribution in [1.82, 2.24) is 15.2 Å². The van der Waals surface area contributed by atoms with Gasteiger partial charge in [-0.1, -0.05) is 11.6 Å². The molecule has 0 N–H and O–H groups in total. The van der Waals surface area contributed by atoms with Crippen LogP contribution in [0.2, 0.25) is 10.4 Å². The monoisotopic (exact) mass is 275 g/mol. The predicted molar refractivity (Wildman–Crippen MR) is 64.2 cm³/mol. The van der Waals surface area contributed by atoms with E-state index in [1.54, 1.807) is 12.0 Å². The van der Waals surface area contributed by atoms with E-state index in [-0.39, 0.29) is 10.4 Å². The van der Waals surface area contributed by atoms with Crippen molar-refractivity contribution >= 4 is 29.0 Å². The molecule has 0 radical (unpaired) electrons. The van der Waals surface area contributed by atoms with Gasteiger partial charge in [-0.3, -0.25) is 0 Å². The number of nitrogens with zero attached hydrogens (tertiary/aromatic N) is 5. The van der Waals surface area contributed by atoms with Gasteiger partial charge in [-0.2, -0.15) is 10.2 Å².